The van der Waals surface area contributed by atoms with Gasteiger partial charge in [0.15, 0.2) is 0 Å². The maximum absolute atomic E-state index is 12.3. The third-order valence-electron chi connectivity index (χ3n) is 3.65. The maximum atomic E-state index is 12.3. The van der Waals surface area contributed by atoms with Gasteiger partial charge in [-0.2, -0.15) is 0 Å². The number of carbonyl (C=O) groups is 1. The van der Waals surface area contributed by atoms with Crippen molar-refractivity contribution in [1.82, 2.24) is 10.3 Å². The lowest BCUT2D eigenvalue weighted by Gasteiger charge is -2.31. The zero-order chi connectivity index (χ0) is 16.7. The molecule has 0 saturated carbocycles. The van der Waals surface area contributed by atoms with Gasteiger partial charge < -0.3 is 19.9 Å². The predicted octanol–water partition coefficient (Wildman–Crippen LogP) is 1.44. The summed E-state index contributed by atoms with van der Waals surface area (Å²) in [7, 11) is 0. The molecule has 1 aromatic heterocycles. The minimum Gasteiger partial charge on any atom is -0.392 e. The van der Waals surface area contributed by atoms with Gasteiger partial charge in [0.1, 0.15) is 5.69 Å². The zero-order valence-electron chi connectivity index (χ0n) is 13.6. The van der Waals surface area contributed by atoms with Crippen LogP contribution in [0.15, 0.2) is 30.0 Å². The smallest absolute Gasteiger partial charge is 0.270 e. The lowest BCUT2D eigenvalue weighted by atomic mass is 10.1. The highest BCUT2D eigenvalue weighted by Crippen LogP contribution is 2.13. The molecule has 0 aliphatic carbocycles. The number of ether oxygens (including phenoxy) is 2. The summed E-state index contributed by atoms with van der Waals surface area (Å²) in [6.45, 7) is 5.50. The quantitative estimate of drug-likeness (QED) is 0.775. The fourth-order valence-corrected chi connectivity index (χ4v) is 2.33. The van der Waals surface area contributed by atoms with Crippen LogP contribution in [0.5, 0.6) is 0 Å². The summed E-state index contributed by atoms with van der Waals surface area (Å²) in [4.78, 5) is 16.4. The van der Waals surface area contributed by atoms with Crippen LogP contribution in [0.3, 0.4) is 0 Å². The summed E-state index contributed by atoms with van der Waals surface area (Å²) in [5.74, 6) is -0.286. The average molecular weight is 320 g/mol. The van der Waals surface area contributed by atoms with Crippen LogP contribution >= 0.6 is 0 Å². The number of aromatic nitrogens is 1. The second-order valence-corrected chi connectivity index (χ2v) is 5.80. The topological polar surface area (TPSA) is 80.7 Å². The van der Waals surface area contributed by atoms with Crippen molar-refractivity contribution in [2.24, 2.45) is 0 Å². The number of hydrogen-bond donors (Lipinski definition) is 2. The molecule has 0 radical (unpaired) electrons. The Morgan fingerprint density at radius 3 is 3.13 bits per heavy atom. The second-order valence-electron chi connectivity index (χ2n) is 5.80. The van der Waals surface area contributed by atoms with Gasteiger partial charge in [-0.1, -0.05) is 11.6 Å². The van der Waals surface area contributed by atoms with Crippen LogP contribution in [0.25, 0.3) is 0 Å². The van der Waals surface area contributed by atoms with Gasteiger partial charge in [0.05, 0.1) is 32.0 Å². The molecule has 2 rings (SSSR count). The third kappa shape index (κ3) is 5.42. The maximum Gasteiger partial charge on any atom is 0.270 e. The average Bonchev–Trinajstić information content (AvgIpc) is 2.56. The van der Waals surface area contributed by atoms with Crippen molar-refractivity contribution in [3.05, 3.63) is 41.2 Å². The van der Waals surface area contributed by atoms with Crippen LogP contribution in [0.1, 0.15) is 36.3 Å². The van der Waals surface area contributed by atoms with Crippen LogP contribution in [0.2, 0.25) is 0 Å². The Balaban J connectivity index is 1.97. The van der Waals surface area contributed by atoms with Crippen LogP contribution in [0, 0.1) is 0 Å². The number of pyridine rings is 1. The standard InChI is InChI=1S/C17H24N2O4/c1-12(2)4-8-23-16-5-7-22-11-15(16)19-17(21)14-9-13(10-20)3-6-18-14/h3-4,6,9,15-16,20H,5,7-8,10-11H2,1-2H3,(H,19,21)/t15-,16+/m0/s1. The second kappa shape index (κ2) is 8.76. The molecule has 2 N–H and O–H groups in total. The molecule has 1 aliphatic heterocycles. The first-order chi connectivity index (χ1) is 11.1. The summed E-state index contributed by atoms with van der Waals surface area (Å²) >= 11 is 0. The number of nitrogens with zero attached hydrogens (tertiary/aromatic N) is 1. The lowest BCUT2D eigenvalue weighted by molar-refractivity contribution is -0.0457. The molecule has 23 heavy (non-hydrogen) atoms. The molecule has 0 unspecified atom stereocenters. The van der Waals surface area contributed by atoms with E-state index in [9.17, 15) is 4.79 Å². The van der Waals surface area contributed by atoms with Crippen LogP contribution < -0.4 is 5.32 Å². The fourth-order valence-electron chi connectivity index (χ4n) is 2.33. The molecular weight excluding hydrogens is 296 g/mol. The minimum atomic E-state index is -0.286. The Morgan fingerprint density at radius 2 is 2.39 bits per heavy atom. The van der Waals surface area contributed by atoms with Crippen molar-refractivity contribution in [2.75, 3.05) is 19.8 Å². The highest BCUT2D eigenvalue weighted by Gasteiger charge is 2.28. The number of aliphatic hydroxyl groups is 1. The molecule has 1 amide bonds. The SMILES string of the molecule is CC(C)=CCO[C@@H]1CCOC[C@@H]1NC(=O)c1cc(CO)ccn1. The van der Waals surface area contributed by atoms with Crippen LogP contribution in [-0.4, -0.2) is 48.0 Å². The van der Waals surface area contributed by atoms with Gasteiger partial charge >= 0.3 is 0 Å². The number of aliphatic hydroxyl groups excluding tert-OH is 1. The van der Waals surface area contributed by atoms with Crippen LogP contribution in [0.4, 0.5) is 0 Å². The highest BCUT2D eigenvalue weighted by atomic mass is 16.5. The molecule has 126 valence electrons. The summed E-state index contributed by atoms with van der Waals surface area (Å²) < 4.78 is 11.3. The first-order valence-electron chi connectivity index (χ1n) is 7.79. The van der Waals surface area contributed by atoms with E-state index in [0.29, 0.717) is 25.4 Å². The molecule has 2 atom stereocenters. The molecule has 6 heteroatoms. The van der Waals surface area contributed by atoms with E-state index >= 15 is 0 Å². The Bertz CT molecular complexity index is 555. The van der Waals surface area contributed by atoms with E-state index in [0.717, 1.165) is 6.42 Å². The number of rotatable bonds is 6. The minimum absolute atomic E-state index is 0.0793. The molecular formula is C17H24N2O4. The molecule has 1 aliphatic rings. The summed E-state index contributed by atoms with van der Waals surface area (Å²) in [6.07, 6.45) is 4.19. The monoisotopic (exact) mass is 320 g/mol. The first-order valence-corrected chi connectivity index (χ1v) is 7.79. The van der Waals surface area contributed by atoms with Gasteiger partial charge in [0.25, 0.3) is 5.91 Å². The molecule has 2 heterocycles. The Hall–Kier alpha value is -1.76. The van der Waals surface area contributed by atoms with Crippen molar-refractivity contribution in [2.45, 2.75) is 39.0 Å². The molecule has 0 spiro atoms. The molecule has 1 fully saturated rings. The van der Waals surface area contributed by atoms with Crippen molar-refractivity contribution in [3.8, 4) is 0 Å². The largest absolute Gasteiger partial charge is 0.392 e. The van der Waals surface area contributed by atoms with Gasteiger partial charge in [0, 0.05) is 12.8 Å². The number of carbonyl (C=O) groups excluding carboxylic acids is 1. The van der Waals surface area contributed by atoms with Gasteiger partial charge in [0.2, 0.25) is 0 Å². The molecule has 0 aromatic carbocycles. The predicted molar refractivity (Wildman–Crippen MR) is 86.0 cm³/mol. The van der Waals surface area contributed by atoms with E-state index in [1.165, 1.54) is 11.8 Å². The van der Waals surface area contributed by atoms with Crippen molar-refractivity contribution in [3.63, 3.8) is 0 Å². The number of nitrogens with one attached hydrogen (secondary N) is 1. The van der Waals surface area contributed by atoms with Gasteiger partial charge in [-0.3, -0.25) is 9.78 Å². The van der Waals surface area contributed by atoms with Gasteiger partial charge in [-0.25, -0.2) is 0 Å². The van der Waals surface area contributed by atoms with E-state index < -0.39 is 0 Å². The van der Waals surface area contributed by atoms with Crippen molar-refractivity contribution < 1.29 is 19.4 Å². The van der Waals surface area contributed by atoms with E-state index in [1.807, 2.05) is 19.9 Å². The number of amides is 1. The Labute approximate surface area is 136 Å². The molecule has 0 bridgehead atoms. The summed E-state index contributed by atoms with van der Waals surface area (Å²) in [6, 6.07) is 3.05. The van der Waals surface area contributed by atoms with E-state index in [4.69, 9.17) is 14.6 Å². The third-order valence-corrected chi connectivity index (χ3v) is 3.65. The fraction of sp³-hybridized carbons (Fsp3) is 0.529. The van der Waals surface area contributed by atoms with Crippen molar-refractivity contribution >= 4 is 5.91 Å². The highest BCUT2D eigenvalue weighted by molar-refractivity contribution is 5.92. The van der Waals surface area contributed by atoms with E-state index in [-0.39, 0.29) is 30.4 Å². The number of hydrogen-bond acceptors (Lipinski definition) is 5. The van der Waals surface area contributed by atoms with Crippen molar-refractivity contribution in [1.29, 1.82) is 0 Å². The normalized spacial score (nSPS) is 20.8. The van der Waals surface area contributed by atoms with Gasteiger partial charge in [-0.05, 0) is 38.0 Å². The molecule has 1 saturated heterocycles. The lowest BCUT2D eigenvalue weighted by Crippen LogP contribution is -2.50. The van der Waals surface area contributed by atoms with E-state index in [1.54, 1.807) is 12.1 Å². The van der Waals surface area contributed by atoms with Crippen LogP contribution in [-0.2, 0) is 16.1 Å². The Kier molecular flexibility index (Phi) is 6.70. The zero-order valence-corrected chi connectivity index (χ0v) is 13.6. The van der Waals surface area contributed by atoms with E-state index in [2.05, 4.69) is 10.3 Å². The summed E-state index contributed by atoms with van der Waals surface area (Å²) in [5, 5.41) is 12.1. The van der Waals surface area contributed by atoms with Gasteiger partial charge in [-0.15, -0.1) is 0 Å². The first kappa shape index (κ1) is 17.6. The summed E-state index contributed by atoms with van der Waals surface area (Å²) in [5.41, 5.74) is 2.13. The molecule has 6 nitrogen and oxygen atoms in total. The Morgan fingerprint density at radius 1 is 1.57 bits per heavy atom. The number of allylic oxidation sites excluding steroid dienone is 1. The molecule has 1 aromatic rings.